The second-order valence-corrected chi connectivity index (χ2v) is 7.46. The Bertz CT molecular complexity index is 206. The molecule has 2 heteroatoms. The molecule has 1 aromatic rings. The summed E-state index contributed by atoms with van der Waals surface area (Å²) in [6, 6.07) is 4.37. The van der Waals surface area contributed by atoms with Crippen molar-refractivity contribution < 1.29 is 0 Å². The van der Waals surface area contributed by atoms with Gasteiger partial charge in [-0.3, -0.25) is 0 Å². The van der Waals surface area contributed by atoms with Crippen molar-refractivity contribution in [3.05, 3.63) is 24.5 Å². The molecule has 0 atom stereocenters. The number of hydrogen-bond acceptors (Lipinski definition) is 1. The number of hydrogen-bond donors (Lipinski definition) is 0. The number of nitrogens with zero attached hydrogens (tertiary/aromatic N) is 1. The molecule has 1 heterocycles. The predicted octanol–water partition coefficient (Wildman–Crippen LogP) is 0.993. The zero-order chi connectivity index (χ0) is 6.81. The number of pyridine rings is 1. The fourth-order valence-corrected chi connectivity index (χ4v) is 4.53. The van der Waals surface area contributed by atoms with E-state index >= 15 is 0 Å². The summed E-state index contributed by atoms with van der Waals surface area (Å²) in [7, 11) is 0. The molecule has 1 saturated carbocycles. The molecule has 0 spiro atoms. The molecule has 2 rings (SSSR count). The predicted molar refractivity (Wildman–Crippen MR) is 42.6 cm³/mol. The second-order valence-electron chi connectivity index (χ2n) is 2.65. The summed E-state index contributed by atoms with van der Waals surface area (Å²) in [4.78, 5) is 4.00. The van der Waals surface area contributed by atoms with Crippen LogP contribution in [0.15, 0.2) is 24.5 Å². The first-order valence-corrected chi connectivity index (χ1v) is 6.69. The third-order valence-corrected chi connectivity index (χ3v) is 6.34. The van der Waals surface area contributed by atoms with Gasteiger partial charge in [0.25, 0.3) is 0 Å². The summed E-state index contributed by atoms with van der Waals surface area (Å²) in [5.41, 5.74) is 0. The van der Waals surface area contributed by atoms with Crippen LogP contribution in [0.25, 0.3) is 0 Å². The van der Waals surface area contributed by atoms with Crippen molar-refractivity contribution in [3.63, 3.8) is 0 Å². The van der Waals surface area contributed by atoms with Crippen molar-refractivity contribution in [3.8, 4) is 0 Å². The third-order valence-electron chi connectivity index (χ3n) is 1.63. The Morgan fingerprint density at radius 3 is 2.60 bits per heavy atom. The quantitative estimate of drug-likeness (QED) is 0.700. The average molecular weight is 238 g/mol. The van der Waals surface area contributed by atoms with E-state index in [0.717, 1.165) is 3.93 Å². The van der Waals surface area contributed by atoms with Crippen LogP contribution in [0.1, 0.15) is 12.8 Å². The van der Waals surface area contributed by atoms with Crippen LogP contribution in [-0.4, -0.2) is 26.1 Å². The van der Waals surface area contributed by atoms with E-state index in [2.05, 4.69) is 17.1 Å². The van der Waals surface area contributed by atoms with Crippen molar-refractivity contribution in [2.75, 3.05) is 0 Å². The van der Waals surface area contributed by atoms with Gasteiger partial charge in [-0.05, 0) is 0 Å². The standard InChI is InChI=1S/C5H4N.C3H5.Sn/c1-2-4-6-5-3-1;1-2-3-1;/h2-5H;1H,2-3H2;. The Morgan fingerprint density at radius 1 is 1.30 bits per heavy atom. The maximum absolute atomic E-state index is 4.00. The van der Waals surface area contributed by atoms with Crippen LogP contribution in [0, 0.1) is 0 Å². The van der Waals surface area contributed by atoms with Crippen molar-refractivity contribution in [2.45, 2.75) is 16.8 Å². The molecule has 0 saturated heterocycles. The molecule has 1 fully saturated rings. The van der Waals surface area contributed by atoms with Crippen LogP contribution in [0.4, 0.5) is 0 Å². The minimum absolute atomic E-state index is 0.168. The molecule has 0 aliphatic heterocycles. The maximum atomic E-state index is 4.00. The molecule has 2 radical (unpaired) electrons. The summed E-state index contributed by atoms with van der Waals surface area (Å²) in [6.45, 7) is 0. The first-order valence-electron chi connectivity index (χ1n) is 3.62. The Hall–Kier alpha value is -0.0513. The molecule has 1 aliphatic rings. The van der Waals surface area contributed by atoms with E-state index in [1.54, 1.807) is 3.58 Å². The normalized spacial score (nSPS) is 17.2. The van der Waals surface area contributed by atoms with E-state index in [4.69, 9.17) is 0 Å². The molecule has 1 aromatic heterocycles. The van der Waals surface area contributed by atoms with Gasteiger partial charge < -0.3 is 0 Å². The van der Waals surface area contributed by atoms with Gasteiger partial charge in [-0.1, -0.05) is 0 Å². The van der Waals surface area contributed by atoms with Gasteiger partial charge in [0.2, 0.25) is 0 Å². The Balaban J connectivity index is 2.03. The molecular formula is C8H9NSn. The third kappa shape index (κ3) is 1.72. The Kier molecular flexibility index (Phi) is 1.93. The topological polar surface area (TPSA) is 12.9 Å². The molecule has 10 heavy (non-hydrogen) atoms. The number of rotatable bonds is 2. The van der Waals surface area contributed by atoms with Gasteiger partial charge in [0, 0.05) is 0 Å². The fraction of sp³-hybridized carbons (Fsp3) is 0.375. The monoisotopic (exact) mass is 239 g/mol. The van der Waals surface area contributed by atoms with E-state index in [1.807, 2.05) is 12.4 Å². The van der Waals surface area contributed by atoms with Crippen molar-refractivity contribution in [1.82, 2.24) is 4.98 Å². The molecule has 1 nitrogen and oxygen atoms in total. The zero-order valence-electron chi connectivity index (χ0n) is 5.75. The van der Waals surface area contributed by atoms with Crippen LogP contribution in [0.2, 0.25) is 3.93 Å². The van der Waals surface area contributed by atoms with Crippen molar-refractivity contribution in [2.24, 2.45) is 0 Å². The SMILES string of the molecule is c1c[c]([Sn][CH]2CC2)ccn1. The van der Waals surface area contributed by atoms with Gasteiger partial charge in [-0.2, -0.15) is 0 Å². The first kappa shape index (κ1) is 6.65. The van der Waals surface area contributed by atoms with Gasteiger partial charge in [0.1, 0.15) is 0 Å². The zero-order valence-corrected chi connectivity index (χ0v) is 8.60. The van der Waals surface area contributed by atoms with Crippen molar-refractivity contribution in [1.29, 1.82) is 0 Å². The Labute approximate surface area is 71.1 Å². The molecule has 0 aromatic carbocycles. The van der Waals surface area contributed by atoms with Gasteiger partial charge in [0.15, 0.2) is 0 Å². The van der Waals surface area contributed by atoms with E-state index in [0.29, 0.717) is 0 Å². The van der Waals surface area contributed by atoms with Crippen LogP contribution in [-0.2, 0) is 0 Å². The molecule has 0 amide bonds. The van der Waals surface area contributed by atoms with Crippen LogP contribution >= 0.6 is 0 Å². The summed E-state index contributed by atoms with van der Waals surface area (Å²) in [5.74, 6) is 0. The summed E-state index contributed by atoms with van der Waals surface area (Å²) in [5, 5.41) is 0. The van der Waals surface area contributed by atoms with Crippen LogP contribution in [0.3, 0.4) is 0 Å². The van der Waals surface area contributed by atoms with Gasteiger partial charge >= 0.3 is 71.0 Å². The van der Waals surface area contributed by atoms with Gasteiger partial charge in [-0.25, -0.2) is 0 Å². The summed E-state index contributed by atoms with van der Waals surface area (Å²) >= 11 is -0.168. The van der Waals surface area contributed by atoms with E-state index in [9.17, 15) is 0 Å². The molecule has 0 N–H and O–H groups in total. The van der Waals surface area contributed by atoms with E-state index < -0.39 is 0 Å². The average Bonchev–Trinajstić information content (AvgIpc) is 2.74. The van der Waals surface area contributed by atoms with Gasteiger partial charge in [0.05, 0.1) is 0 Å². The second kappa shape index (κ2) is 2.91. The first-order chi connectivity index (χ1) is 4.95. The van der Waals surface area contributed by atoms with Gasteiger partial charge in [-0.15, -0.1) is 0 Å². The number of aromatic nitrogens is 1. The molecule has 1 aliphatic carbocycles. The van der Waals surface area contributed by atoms with Crippen LogP contribution < -0.4 is 3.58 Å². The fourth-order valence-electron chi connectivity index (χ4n) is 0.912. The molecule has 0 bridgehead atoms. The molecule has 0 unspecified atom stereocenters. The summed E-state index contributed by atoms with van der Waals surface area (Å²) < 4.78 is 2.77. The Morgan fingerprint density at radius 2 is 2.00 bits per heavy atom. The minimum atomic E-state index is -0.168. The molecule has 50 valence electrons. The summed E-state index contributed by atoms with van der Waals surface area (Å²) in [6.07, 6.45) is 6.85. The van der Waals surface area contributed by atoms with Crippen molar-refractivity contribution >= 4 is 24.7 Å². The van der Waals surface area contributed by atoms with Crippen LogP contribution in [0.5, 0.6) is 0 Å². The molecular weight excluding hydrogens is 229 g/mol. The van der Waals surface area contributed by atoms with E-state index in [1.165, 1.54) is 12.8 Å². The van der Waals surface area contributed by atoms with E-state index in [-0.39, 0.29) is 21.1 Å².